The number of rotatable bonds is 6. The second-order valence-electron chi connectivity index (χ2n) is 4.86. The maximum atomic E-state index is 12.0. The molecular formula is C17H15ClINO4. The zero-order valence-electron chi connectivity index (χ0n) is 12.8. The van der Waals surface area contributed by atoms with Gasteiger partial charge in [-0.1, -0.05) is 29.8 Å². The number of hydrogen-bond donors (Lipinski definition) is 1. The first-order chi connectivity index (χ1) is 11.5. The maximum absolute atomic E-state index is 12.0. The minimum atomic E-state index is -0.915. The fourth-order valence-corrected chi connectivity index (χ4v) is 2.44. The molecular weight excluding hydrogens is 445 g/mol. The summed E-state index contributed by atoms with van der Waals surface area (Å²) >= 11 is 8.04. The van der Waals surface area contributed by atoms with Crippen LogP contribution >= 0.6 is 34.2 Å². The van der Waals surface area contributed by atoms with Gasteiger partial charge in [0, 0.05) is 17.6 Å². The van der Waals surface area contributed by atoms with Gasteiger partial charge in [-0.05, 0) is 59.4 Å². The number of nitrogens with one attached hydrogen (secondary N) is 1. The van der Waals surface area contributed by atoms with E-state index in [1.54, 1.807) is 18.2 Å². The van der Waals surface area contributed by atoms with Gasteiger partial charge in [0.1, 0.15) is 5.76 Å². The molecule has 126 valence electrons. The van der Waals surface area contributed by atoms with Crippen LogP contribution in [0.1, 0.15) is 18.2 Å². The first-order valence-electron chi connectivity index (χ1n) is 7.11. The Balaban J connectivity index is 1.81. The number of carbonyl (C=O) groups excluding carboxylic acids is 2. The highest BCUT2D eigenvalue weighted by Crippen LogP contribution is 2.14. The molecule has 1 amide bonds. The third-order valence-electron chi connectivity index (χ3n) is 3.05. The van der Waals surface area contributed by atoms with E-state index in [0.717, 1.165) is 5.56 Å². The molecule has 0 radical (unpaired) electrons. The molecule has 7 heteroatoms. The molecule has 0 bridgehead atoms. The van der Waals surface area contributed by atoms with Crippen LogP contribution in [0.25, 0.3) is 6.08 Å². The standard InChI is InChI=1S/C17H15ClINO4/c1-11(17(22)20-10-12-4-2-3-5-14(12)18)23-16(21)9-7-13-6-8-15(19)24-13/h2-9,11H,10H2,1H3,(H,20,22)/b9-7+. The molecule has 1 N–H and O–H groups in total. The molecule has 0 aliphatic rings. The number of furan rings is 1. The summed E-state index contributed by atoms with van der Waals surface area (Å²) in [4.78, 5) is 23.7. The van der Waals surface area contributed by atoms with Gasteiger partial charge in [-0.3, -0.25) is 4.79 Å². The number of esters is 1. The van der Waals surface area contributed by atoms with Crippen molar-refractivity contribution in [3.63, 3.8) is 0 Å². The van der Waals surface area contributed by atoms with Crippen LogP contribution in [-0.4, -0.2) is 18.0 Å². The minimum absolute atomic E-state index is 0.265. The van der Waals surface area contributed by atoms with Crippen LogP contribution in [0.5, 0.6) is 0 Å². The summed E-state index contributed by atoms with van der Waals surface area (Å²) in [5.41, 5.74) is 0.790. The van der Waals surface area contributed by atoms with Gasteiger partial charge in [0.05, 0.1) is 0 Å². The van der Waals surface area contributed by atoms with Gasteiger partial charge in [-0.25, -0.2) is 4.79 Å². The Kier molecular flexibility index (Phi) is 6.86. The van der Waals surface area contributed by atoms with Crippen LogP contribution in [0.2, 0.25) is 5.02 Å². The summed E-state index contributed by atoms with van der Waals surface area (Å²) in [6.45, 7) is 1.77. The van der Waals surface area contributed by atoms with Gasteiger partial charge in [0.15, 0.2) is 9.87 Å². The third kappa shape index (κ3) is 5.68. The van der Waals surface area contributed by atoms with Gasteiger partial charge < -0.3 is 14.5 Å². The Morgan fingerprint density at radius 3 is 2.75 bits per heavy atom. The van der Waals surface area contributed by atoms with Crippen molar-refractivity contribution >= 4 is 52.1 Å². The molecule has 5 nitrogen and oxygen atoms in total. The first kappa shape index (κ1) is 18.5. The normalized spacial score (nSPS) is 12.1. The fourth-order valence-electron chi connectivity index (χ4n) is 1.80. The quantitative estimate of drug-likeness (QED) is 0.405. The largest absolute Gasteiger partial charge is 0.451 e. The van der Waals surface area contributed by atoms with E-state index >= 15 is 0 Å². The highest BCUT2D eigenvalue weighted by molar-refractivity contribution is 14.1. The van der Waals surface area contributed by atoms with Crippen LogP contribution in [0.15, 0.2) is 46.9 Å². The van der Waals surface area contributed by atoms with Crippen molar-refractivity contribution in [2.75, 3.05) is 0 Å². The number of halogens is 2. The predicted octanol–water partition coefficient (Wildman–Crippen LogP) is 3.80. The molecule has 2 aromatic rings. The Labute approximate surface area is 158 Å². The summed E-state index contributed by atoms with van der Waals surface area (Å²) in [6.07, 6.45) is 1.78. The van der Waals surface area contributed by atoms with Crippen molar-refractivity contribution in [2.45, 2.75) is 19.6 Å². The molecule has 0 aliphatic carbocycles. The Hall–Kier alpha value is -1.80. The van der Waals surface area contributed by atoms with Crippen LogP contribution in [-0.2, 0) is 20.9 Å². The highest BCUT2D eigenvalue weighted by Gasteiger charge is 2.16. The summed E-state index contributed by atoms with van der Waals surface area (Å²) in [7, 11) is 0. The van der Waals surface area contributed by atoms with Crippen LogP contribution < -0.4 is 5.32 Å². The fraction of sp³-hybridized carbons (Fsp3) is 0.176. The van der Waals surface area contributed by atoms with Crippen molar-refractivity contribution in [1.82, 2.24) is 5.32 Å². The number of ether oxygens (including phenoxy) is 1. The number of amides is 1. The average molecular weight is 460 g/mol. The van der Waals surface area contributed by atoms with Crippen LogP contribution in [0.3, 0.4) is 0 Å². The lowest BCUT2D eigenvalue weighted by Crippen LogP contribution is -2.35. The van der Waals surface area contributed by atoms with Gasteiger partial charge in [-0.15, -0.1) is 0 Å². The molecule has 1 aromatic heterocycles. The van der Waals surface area contributed by atoms with Crippen molar-refractivity contribution in [1.29, 1.82) is 0 Å². The monoisotopic (exact) mass is 459 g/mol. The molecule has 24 heavy (non-hydrogen) atoms. The summed E-state index contributed by atoms with van der Waals surface area (Å²) in [5.74, 6) is -0.488. The van der Waals surface area contributed by atoms with Gasteiger partial charge in [0.25, 0.3) is 5.91 Å². The van der Waals surface area contributed by atoms with Crippen LogP contribution in [0.4, 0.5) is 0 Å². The topological polar surface area (TPSA) is 68.5 Å². The first-order valence-corrected chi connectivity index (χ1v) is 8.56. The van der Waals surface area contributed by atoms with Crippen molar-refractivity contribution < 1.29 is 18.7 Å². The Morgan fingerprint density at radius 1 is 1.33 bits per heavy atom. The third-order valence-corrected chi connectivity index (χ3v) is 4.00. The molecule has 0 saturated heterocycles. The molecule has 0 aliphatic heterocycles. The summed E-state index contributed by atoms with van der Waals surface area (Å²) in [5, 5.41) is 3.25. The predicted molar refractivity (Wildman–Crippen MR) is 99.3 cm³/mol. The smallest absolute Gasteiger partial charge is 0.331 e. The zero-order chi connectivity index (χ0) is 17.5. The number of hydrogen-bond acceptors (Lipinski definition) is 4. The van der Waals surface area contributed by atoms with Crippen molar-refractivity contribution in [3.8, 4) is 0 Å². The molecule has 1 aromatic carbocycles. The van der Waals surface area contributed by atoms with Gasteiger partial charge in [0.2, 0.25) is 0 Å². The summed E-state index contributed by atoms with van der Waals surface area (Å²) in [6, 6.07) is 10.7. The van der Waals surface area contributed by atoms with Gasteiger partial charge in [-0.2, -0.15) is 0 Å². The van der Waals surface area contributed by atoms with E-state index in [4.69, 9.17) is 20.8 Å². The van der Waals surface area contributed by atoms with Gasteiger partial charge >= 0.3 is 5.97 Å². The molecule has 0 saturated carbocycles. The second kappa shape index (κ2) is 8.89. The van der Waals surface area contributed by atoms with E-state index in [2.05, 4.69) is 5.32 Å². The Morgan fingerprint density at radius 2 is 2.08 bits per heavy atom. The maximum Gasteiger partial charge on any atom is 0.331 e. The lowest BCUT2D eigenvalue weighted by molar-refractivity contribution is -0.150. The van der Waals surface area contributed by atoms with Crippen molar-refractivity contribution in [2.24, 2.45) is 0 Å². The minimum Gasteiger partial charge on any atom is -0.451 e. The van der Waals surface area contributed by atoms with E-state index in [1.807, 2.05) is 40.8 Å². The lowest BCUT2D eigenvalue weighted by Gasteiger charge is -2.12. The molecule has 0 fully saturated rings. The van der Waals surface area contributed by atoms with Crippen molar-refractivity contribution in [3.05, 3.63) is 62.6 Å². The molecule has 1 heterocycles. The molecule has 1 unspecified atom stereocenters. The molecule has 2 rings (SSSR count). The number of benzene rings is 1. The molecule has 0 spiro atoms. The average Bonchev–Trinajstić information content (AvgIpc) is 2.97. The number of carbonyl (C=O) groups is 2. The molecule has 1 atom stereocenters. The van der Waals surface area contributed by atoms with E-state index in [1.165, 1.54) is 19.1 Å². The van der Waals surface area contributed by atoms with E-state index in [0.29, 0.717) is 14.5 Å². The highest BCUT2D eigenvalue weighted by atomic mass is 127. The Bertz CT molecular complexity index is 757. The van der Waals surface area contributed by atoms with E-state index in [-0.39, 0.29) is 6.54 Å². The SMILES string of the molecule is CC(OC(=O)/C=C/c1ccc(I)o1)C(=O)NCc1ccccc1Cl. The van der Waals surface area contributed by atoms with Crippen LogP contribution in [0, 0.1) is 3.77 Å². The second-order valence-corrected chi connectivity index (χ2v) is 6.33. The van der Waals surface area contributed by atoms with E-state index < -0.39 is 18.0 Å². The van der Waals surface area contributed by atoms with E-state index in [9.17, 15) is 9.59 Å². The summed E-state index contributed by atoms with van der Waals surface area (Å²) < 4.78 is 11.0. The lowest BCUT2D eigenvalue weighted by atomic mass is 10.2. The zero-order valence-corrected chi connectivity index (χ0v) is 15.7.